The summed E-state index contributed by atoms with van der Waals surface area (Å²) in [7, 11) is 1.84. The number of nitrogens with zero attached hydrogens (tertiary/aromatic N) is 2. The summed E-state index contributed by atoms with van der Waals surface area (Å²) in [5, 5.41) is 3.27. The Kier molecular flexibility index (Phi) is 6.49. The molecule has 0 unspecified atom stereocenters. The molecule has 4 heteroatoms. The van der Waals surface area contributed by atoms with Gasteiger partial charge in [0.05, 0.1) is 0 Å². The molecule has 1 heterocycles. The Bertz CT molecular complexity index is 443. The molecule has 0 radical (unpaired) electrons. The van der Waals surface area contributed by atoms with Crippen LogP contribution in [0, 0.1) is 0 Å². The Hall–Kier alpha value is -1.58. The van der Waals surface area contributed by atoms with Crippen LogP contribution in [0.5, 0.6) is 0 Å². The van der Waals surface area contributed by atoms with E-state index >= 15 is 0 Å². The molecule has 1 amide bonds. The van der Waals surface area contributed by atoms with Crippen molar-refractivity contribution < 1.29 is 4.79 Å². The van der Waals surface area contributed by atoms with Crippen LogP contribution in [0.1, 0.15) is 56.6 Å². The van der Waals surface area contributed by atoms with Crippen LogP contribution in [-0.2, 0) is 6.42 Å². The molecule has 0 fully saturated rings. The molecule has 1 N–H and O–H groups in total. The number of hydrogen-bond acceptors (Lipinski definition) is 3. The fraction of sp³-hybridized carbons (Fsp3) is 0.625. The minimum Gasteiger partial charge on any atom is -0.370 e. The molecular weight excluding hydrogens is 250 g/mol. The van der Waals surface area contributed by atoms with Crippen molar-refractivity contribution in [2.45, 2.75) is 53.0 Å². The van der Waals surface area contributed by atoms with Crippen LogP contribution < -0.4 is 5.32 Å². The van der Waals surface area contributed by atoms with Crippen LogP contribution >= 0.6 is 0 Å². The van der Waals surface area contributed by atoms with Gasteiger partial charge in [-0.25, -0.2) is 4.98 Å². The molecule has 0 aromatic carbocycles. The van der Waals surface area contributed by atoms with Crippen LogP contribution in [0.2, 0.25) is 0 Å². The minimum atomic E-state index is 0.0549. The van der Waals surface area contributed by atoms with E-state index in [-0.39, 0.29) is 11.9 Å². The zero-order valence-electron chi connectivity index (χ0n) is 13.4. The van der Waals surface area contributed by atoms with E-state index in [1.165, 1.54) is 0 Å². The van der Waals surface area contributed by atoms with E-state index in [4.69, 9.17) is 0 Å². The highest BCUT2D eigenvalue weighted by atomic mass is 16.2. The van der Waals surface area contributed by atoms with E-state index in [0.717, 1.165) is 42.9 Å². The van der Waals surface area contributed by atoms with Gasteiger partial charge in [-0.1, -0.05) is 20.3 Å². The zero-order valence-corrected chi connectivity index (χ0v) is 13.4. The van der Waals surface area contributed by atoms with E-state index in [9.17, 15) is 4.79 Å². The summed E-state index contributed by atoms with van der Waals surface area (Å²) in [4.78, 5) is 18.8. The van der Waals surface area contributed by atoms with Crippen molar-refractivity contribution in [3.05, 3.63) is 23.4 Å². The summed E-state index contributed by atoms with van der Waals surface area (Å²) in [5.41, 5.74) is 1.70. The first-order valence-corrected chi connectivity index (χ1v) is 7.51. The van der Waals surface area contributed by atoms with Crippen molar-refractivity contribution >= 4 is 11.7 Å². The lowest BCUT2D eigenvalue weighted by atomic mass is 10.1. The van der Waals surface area contributed by atoms with Crippen LogP contribution in [0.4, 0.5) is 5.82 Å². The van der Waals surface area contributed by atoms with Gasteiger partial charge in [-0.2, -0.15) is 0 Å². The van der Waals surface area contributed by atoms with Gasteiger partial charge in [-0.15, -0.1) is 0 Å². The Morgan fingerprint density at radius 2 is 2.00 bits per heavy atom. The van der Waals surface area contributed by atoms with Gasteiger partial charge in [0.2, 0.25) is 0 Å². The van der Waals surface area contributed by atoms with Crippen LogP contribution in [-0.4, -0.2) is 35.4 Å². The van der Waals surface area contributed by atoms with Gasteiger partial charge in [0.1, 0.15) is 5.82 Å². The molecule has 112 valence electrons. The first-order valence-electron chi connectivity index (χ1n) is 7.51. The standard InChI is InChI=1S/C16H27N3O/c1-6-8-14-10-13(16(20)19(5)12(3)4)11-15(18-14)17-9-7-2/h10-12H,6-9H2,1-5H3,(H,17,18). The fourth-order valence-electron chi connectivity index (χ4n) is 1.88. The third-order valence-electron chi connectivity index (χ3n) is 3.28. The molecule has 0 aliphatic rings. The van der Waals surface area contributed by atoms with E-state index in [1.807, 2.05) is 33.0 Å². The maximum absolute atomic E-state index is 12.4. The van der Waals surface area contributed by atoms with E-state index in [0.29, 0.717) is 0 Å². The normalized spacial score (nSPS) is 10.7. The highest BCUT2D eigenvalue weighted by molar-refractivity contribution is 5.95. The maximum atomic E-state index is 12.4. The van der Waals surface area contributed by atoms with Crippen molar-refractivity contribution in [2.24, 2.45) is 0 Å². The smallest absolute Gasteiger partial charge is 0.254 e. The summed E-state index contributed by atoms with van der Waals surface area (Å²) in [5.74, 6) is 0.859. The number of aryl methyl sites for hydroxylation is 1. The Labute approximate surface area is 122 Å². The van der Waals surface area contributed by atoms with E-state index in [2.05, 4.69) is 24.1 Å². The molecule has 20 heavy (non-hydrogen) atoms. The maximum Gasteiger partial charge on any atom is 0.254 e. The number of carbonyl (C=O) groups is 1. The van der Waals surface area contributed by atoms with Crippen LogP contribution in [0.15, 0.2) is 12.1 Å². The van der Waals surface area contributed by atoms with E-state index < -0.39 is 0 Å². The van der Waals surface area contributed by atoms with Gasteiger partial charge in [0, 0.05) is 30.9 Å². The van der Waals surface area contributed by atoms with Crippen molar-refractivity contribution in [3.8, 4) is 0 Å². The largest absolute Gasteiger partial charge is 0.370 e. The highest BCUT2D eigenvalue weighted by Crippen LogP contribution is 2.15. The van der Waals surface area contributed by atoms with Gasteiger partial charge < -0.3 is 10.2 Å². The van der Waals surface area contributed by atoms with Crippen molar-refractivity contribution in [1.82, 2.24) is 9.88 Å². The molecule has 0 bridgehead atoms. The monoisotopic (exact) mass is 277 g/mol. The number of nitrogens with one attached hydrogen (secondary N) is 1. The molecule has 1 aromatic heterocycles. The molecule has 0 aliphatic carbocycles. The number of anilines is 1. The van der Waals surface area contributed by atoms with Crippen LogP contribution in [0.25, 0.3) is 0 Å². The molecule has 1 rings (SSSR count). The molecule has 0 saturated heterocycles. The van der Waals surface area contributed by atoms with Gasteiger partial charge >= 0.3 is 0 Å². The van der Waals surface area contributed by atoms with E-state index in [1.54, 1.807) is 4.90 Å². The number of pyridine rings is 1. The summed E-state index contributed by atoms with van der Waals surface area (Å²) in [6.45, 7) is 9.14. The molecular formula is C16H27N3O. The third-order valence-corrected chi connectivity index (χ3v) is 3.28. The molecule has 1 aromatic rings. The fourth-order valence-corrected chi connectivity index (χ4v) is 1.88. The lowest BCUT2D eigenvalue weighted by Crippen LogP contribution is -2.33. The predicted octanol–water partition coefficient (Wildman–Crippen LogP) is 3.34. The lowest BCUT2D eigenvalue weighted by molar-refractivity contribution is 0.0754. The number of amides is 1. The Morgan fingerprint density at radius 3 is 2.55 bits per heavy atom. The molecule has 0 saturated carbocycles. The number of carbonyl (C=O) groups excluding carboxylic acids is 1. The number of rotatable bonds is 7. The summed E-state index contributed by atoms with van der Waals surface area (Å²) < 4.78 is 0. The first-order chi connectivity index (χ1) is 9.49. The Balaban J connectivity index is 3.04. The molecule has 0 atom stereocenters. The SMILES string of the molecule is CCCNc1cc(C(=O)N(C)C(C)C)cc(CCC)n1. The molecule has 0 aliphatic heterocycles. The van der Waals surface area contributed by atoms with Gasteiger partial charge in [0.25, 0.3) is 5.91 Å². The van der Waals surface area contributed by atoms with Crippen molar-refractivity contribution in [1.29, 1.82) is 0 Å². The van der Waals surface area contributed by atoms with Gasteiger partial charge in [-0.3, -0.25) is 4.79 Å². The quantitative estimate of drug-likeness (QED) is 0.831. The summed E-state index contributed by atoms with van der Waals surface area (Å²) >= 11 is 0. The third kappa shape index (κ3) is 4.51. The average Bonchev–Trinajstić information content (AvgIpc) is 2.43. The van der Waals surface area contributed by atoms with Crippen molar-refractivity contribution in [3.63, 3.8) is 0 Å². The number of aromatic nitrogens is 1. The van der Waals surface area contributed by atoms with Crippen molar-refractivity contribution in [2.75, 3.05) is 18.9 Å². The highest BCUT2D eigenvalue weighted by Gasteiger charge is 2.16. The predicted molar refractivity (Wildman–Crippen MR) is 84.2 cm³/mol. The zero-order chi connectivity index (χ0) is 15.1. The second kappa shape index (κ2) is 7.88. The topological polar surface area (TPSA) is 45.2 Å². The minimum absolute atomic E-state index is 0.0549. The molecule has 4 nitrogen and oxygen atoms in total. The number of hydrogen-bond donors (Lipinski definition) is 1. The first kappa shape index (κ1) is 16.5. The lowest BCUT2D eigenvalue weighted by Gasteiger charge is -2.22. The van der Waals surface area contributed by atoms with Gasteiger partial charge in [0.15, 0.2) is 0 Å². The van der Waals surface area contributed by atoms with Crippen LogP contribution in [0.3, 0.4) is 0 Å². The average molecular weight is 277 g/mol. The second-order valence-corrected chi connectivity index (χ2v) is 5.42. The second-order valence-electron chi connectivity index (χ2n) is 5.42. The Morgan fingerprint density at radius 1 is 1.30 bits per heavy atom. The summed E-state index contributed by atoms with van der Waals surface area (Å²) in [6.07, 6.45) is 2.96. The van der Waals surface area contributed by atoms with Gasteiger partial charge in [-0.05, 0) is 38.8 Å². The molecule has 0 spiro atoms. The summed E-state index contributed by atoms with van der Waals surface area (Å²) in [6, 6.07) is 3.97.